The Kier molecular flexibility index (Phi) is 5.19. The number of hydrogen-bond acceptors (Lipinski definition) is 4. The molecule has 106 valence electrons. The van der Waals surface area contributed by atoms with Gasteiger partial charge < -0.3 is 14.3 Å². The summed E-state index contributed by atoms with van der Waals surface area (Å²) in [7, 11) is 0. The number of rotatable bonds is 9. The van der Waals surface area contributed by atoms with E-state index < -0.39 is 6.10 Å². The van der Waals surface area contributed by atoms with E-state index in [1.54, 1.807) is 6.08 Å². The van der Waals surface area contributed by atoms with Gasteiger partial charge in [-0.25, -0.2) is 0 Å². The molecule has 1 atom stereocenters. The zero-order valence-electron chi connectivity index (χ0n) is 11.5. The maximum Gasteiger partial charge on any atom is 0.118 e. The molecule has 1 heterocycles. The van der Waals surface area contributed by atoms with Crippen LogP contribution in [0, 0.1) is 6.92 Å². The Hall–Kier alpha value is -1.10. The second-order valence-corrected chi connectivity index (χ2v) is 5.15. The van der Waals surface area contributed by atoms with Crippen LogP contribution in [0.25, 0.3) is 0 Å². The molecule has 1 saturated carbocycles. The summed E-state index contributed by atoms with van der Waals surface area (Å²) in [4.78, 5) is 2.28. The smallest absolute Gasteiger partial charge is 0.118 e. The fraction of sp³-hybridized carbons (Fsp3) is 0.600. The highest BCUT2D eigenvalue weighted by Gasteiger charge is 2.30. The van der Waals surface area contributed by atoms with Gasteiger partial charge in [0.2, 0.25) is 0 Å². The molecule has 0 saturated heterocycles. The van der Waals surface area contributed by atoms with Gasteiger partial charge in [-0.15, -0.1) is 6.58 Å². The van der Waals surface area contributed by atoms with Crippen LogP contribution in [0.3, 0.4) is 0 Å². The summed E-state index contributed by atoms with van der Waals surface area (Å²) < 4.78 is 10.9. The standard InChI is InChI=1S/C15H23NO3/c1-3-8-18-11-14(17)9-16(13-5-6-13)10-15-7-4-12(2)19-15/h3-4,7,13-14,17H,1,5-6,8-11H2,2H3. The van der Waals surface area contributed by atoms with Gasteiger partial charge in [0.05, 0.1) is 25.9 Å². The van der Waals surface area contributed by atoms with Crippen LogP contribution in [0.15, 0.2) is 29.2 Å². The molecule has 19 heavy (non-hydrogen) atoms. The molecule has 0 bridgehead atoms. The lowest BCUT2D eigenvalue weighted by Gasteiger charge is -2.23. The summed E-state index contributed by atoms with van der Waals surface area (Å²) in [5.41, 5.74) is 0. The monoisotopic (exact) mass is 265 g/mol. The molecular weight excluding hydrogens is 242 g/mol. The molecule has 0 aliphatic heterocycles. The van der Waals surface area contributed by atoms with Gasteiger partial charge in [-0.05, 0) is 31.9 Å². The molecule has 0 aromatic carbocycles. The SMILES string of the molecule is C=CCOCC(O)CN(Cc1ccc(C)o1)C1CC1. The summed E-state index contributed by atoms with van der Waals surface area (Å²) in [6.45, 7) is 7.76. The van der Waals surface area contributed by atoms with Gasteiger partial charge in [0.15, 0.2) is 0 Å². The minimum Gasteiger partial charge on any atom is -0.465 e. The van der Waals surface area contributed by atoms with E-state index in [0.717, 1.165) is 18.1 Å². The van der Waals surface area contributed by atoms with Crippen molar-refractivity contribution in [2.45, 2.75) is 38.5 Å². The van der Waals surface area contributed by atoms with Crippen molar-refractivity contribution in [3.8, 4) is 0 Å². The number of aryl methyl sites for hydroxylation is 1. The van der Waals surface area contributed by atoms with Crippen molar-refractivity contribution in [3.05, 3.63) is 36.3 Å². The number of hydrogen-bond donors (Lipinski definition) is 1. The third-order valence-corrected chi connectivity index (χ3v) is 3.21. The van der Waals surface area contributed by atoms with Crippen LogP contribution in [0.5, 0.6) is 0 Å². The topological polar surface area (TPSA) is 45.8 Å². The first-order valence-electron chi connectivity index (χ1n) is 6.85. The lowest BCUT2D eigenvalue weighted by Crippen LogP contribution is -2.36. The van der Waals surface area contributed by atoms with Gasteiger partial charge in [-0.2, -0.15) is 0 Å². The van der Waals surface area contributed by atoms with E-state index in [9.17, 15) is 5.11 Å². The molecule has 1 aliphatic carbocycles. The molecule has 1 N–H and O–H groups in total. The van der Waals surface area contributed by atoms with E-state index >= 15 is 0 Å². The molecule has 4 nitrogen and oxygen atoms in total. The molecule has 4 heteroatoms. The highest BCUT2D eigenvalue weighted by atomic mass is 16.5. The third kappa shape index (κ3) is 4.82. The van der Waals surface area contributed by atoms with E-state index in [1.807, 2.05) is 19.1 Å². The van der Waals surface area contributed by atoms with Crippen molar-refractivity contribution < 1.29 is 14.3 Å². The van der Waals surface area contributed by atoms with Crippen LogP contribution in [-0.4, -0.2) is 41.9 Å². The minimum absolute atomic E-state index is 0.354. The predicted octanol–water partition coefficient (Wildman–Crippen LogP) is 2.12. The molecule has 0 radical (unpaired) electrons. The lowest BCUT2D eigenvalue weighted by molar-refractivity contribution is 0.0214. The fourth-order valence-electron chi connectivity index (χ4n) is 2.16. The summed E-state index contributed by atoms with van der Waals surface area (Å²) in [6.07, 6.45) is 3.65. The van der Waals surface area contributed by atoms with Crippen LogP contribution in [-0.2, 0) is 11.3 Å². The Morgan fingerprint density at radius 1 is 1.58 bits per heavy atom. The van der Waals surface area contributed by atoms with Crippen molar-refractivity contribution >= 4 is 0 Å². The van der Waals surface area contributed by atoms with Gasteiger partial charge >= 0.3 is 0 Å². The fourth-order valence-corrected chi connectivity index (χ4v) is 2.16. The van der Waals surface area contributed by atoms with Crippen LogP contribution >= 0.6 is 0 Å². The second kappa shape index (κ2) is 6.89. The average Bonchev–Trinajstić information content (AvgIpc) is 3.13. The maximum atomic E-state index is 9.97. The number of nitrogens with zero attached hydrogens (tertiary/aromatic N) is 1. The highest BCUT2D eigenvalue weighted by Crippen LogP contribution is 2.28. The number of aliphatic hydroxyl groups is 1. The van der Waals surface area contributed by atoms with Gasteiger partial charge in [-0.1, -0.05) is 6.08 Å². The van der Waals surface area contributed by atoms with Crippen LogP contribution in [0.1, 0.15) is 24.4 Å². The Bertz CT molecular complexity index is 398. The second-order valence-electron chi connectivity index (χ2n) is 5.15. The Balaban J connectivity index is 1.80. The summed E-state index contributed by atoms with van der Waals surface area (Å²) in [5, 5.41) is 9.97. The summed E-state index contributed by atoms with van der Waals surface area (Å²) in [5.74, 6) is 1.89. The van der Waals surface area contributed by atoms with Crippen molar-refractivity contribution in [1.82, 2.24) is 4.90 Å². The van der Waals surface area contributed by atoms with Crippen molar-refractivity contribution in [2.24, 2.45) is 0 Å². The highest BCUT2D eigenvalue weighted by molar-refractivity contribution is 5.06. The first-order chi connectivity index (χ1) is 9.19. The average molecular weight is 265 g/mol. The quantitative estimate of drug-likeness (QED) is 0.549. The molecule has 2 rings (SSSR count). The summed E-state index contributed by atoms with van der Waals surface area (Å²) in [6, 6.07) is 4.56. The third-order valence-electron chi connectivity index (χ3n) is 3.21. The largest absolute Gasteiger partial charge is 0.465 e. The molecule has 1 unspecified atom stereocenters. The Morgan fingerprint density at radius 2 is 2.37 bits per heavy atom. The molecule has 0 amide bonds. The summed E-state index contributed by atoms with van der Waals surface area (Å²) >= 11 is 0. The van der Waals surface area contributed by atoms with Gasteiger partial charge in [0.1, 0.15) is 11.5 Å². The van der Waals surface area contributed by atoms with Crippen molar-refractivity contribution in [2.75, 3.05) is 19.8 Å². The van der Waals surface area contributed by atoms with E-state index in [-0.39, 0.29) is 0 Å². The van der Waals surface area contributed by atoms with E-state index in [0.29, 0.717) is 25.8 Å². The van der Waals surface area contributed by atoms with Crippen LogP contribution in [0.4, 0.5) is 0 Å². The first kappa shape index (κ1) is 14.3. The Morgan fingerprint density at radius 3 is 2.95 bits per heavy atom. The predicted molar refractivity (Wildman–Crippen MR) is 73.9 cm³/mol. The molecule has 1 aromatic heterocycles. The van der Waals surface area contributed by atoms with Crippen LogP contribution in [0.2, 0.25) is 0 Å². The van der Waals surface area contributed by atoms with E-state index in [1.165, 1.54) is 12.8 Å². The number of aliphatic hydroxyl groups excluding tert-OH is 1. The molecule has 0 spiro atoms. The van der Waals surface area contributed by atoms with E-state index in [4.69, 9.17) is 9.15 Å². The van der Waals surface area contributed by atoms with Gasteiger partial charge in [0.25, 0.3) is 0 Å². The molecule has 1 aliphatic rings. The zero-order chi connectivity index (χ0) is 13.7. The number of ether oxygens (including phenoxy) is 1. The zero-order valence-corrected chi connectivity index (χ0v) is 11.5. The van der Waals surface area contributed by atoms with Gasteiger partial charge in [-0.3, -0.25) is 4.90 Å². The molecular formula is C15H23NO3. The van der Waals surface area contributed by atoms with Crippen LogP contribution < -0.4 is 0 Å². The van der Waals surface area contributed by atoms with Crippen molar-refractivity contribution in [1.29, 1.82) is 0 Å². The number of furan rings is 1. The van der Waals surface area contributed by atoms with Crippen molar-refractivity contribution in [3.63, 3.8) is 0 Å². The molecule has 1 aromatic rings. The minimum atomic E-state index is -0.461. The van der Waals surface area contributed by atoms with Gasteiger partial charge in [0, 0.05) is 12.6 Å². The Labute approximate surface area is 114 Å². The maximum absolute atomic E-state index is 9.97. The lowest BCUT2D eigenvalue weighted by atomic mass is 10.3. The van der Waals surface area contributed by atoms with E-state index in [2.05, 4.69) is 11.5 Å². The first-order valence-corrected chi connectivity index (χ1v) is 6.85. The normalized spacial score (nSPS) is 16.8. The molecule has 1 fully saturated rings.